The molecule has 1 amide bonds. The maximum absolute atomic E-state index is 11.8. The Labute approximate surface area is 163 Å². The smallest absolute Gasteiger partial charge is 0.409 e. The van der Waals surface area contributed by atoms with Crippen molar-refractivity contribution in [2.75, 3.05) is 38.2 Å². The number of aryl methyl sites for hydroxylation is 1. The van der Waals surface area contributed by atoms with E-state index < -0.39 is 0 Å². The number of hydrogen-bond donors (Lipinski definition) is 1. The quantitative estimate of drug-likeness (QED) is 0.738. The molecule has 1 saturated heterocycles. The first-order chi connectivity index (χ1) is 13.6. The van der Waals surface area contributed by atoms with E-state index in [1.165, 1.54) is 7.11 Å². The van der Waals surface area contributed by atoms with E-state index in [1.54, 1.807) is 17.0 Å². The van der Waals surface area contributed by atoms with Crippen LogP contribution in [0.25, 0.3) is 22.3 Å². The lowest BCUT2D eigenvalue weighted by molar-refractivity contribution is 0.121. The van der Waals surface area contributed by atoms with Gasteiger partial charge in [-0.2, -0.15) is 0 Å². The zero-order valence-electron chi connectivity index (χ0n) is 15.9. The number of nitrogens with zero attached hydrogens (tertiary/aromatic N) is 4. The Balaban J connectivity index is 1.77. The van der Waals surface area contributed by atoms with Gasteiger partial charge in [-0.1, -0.05) is 18.2 Å². The average Bonchev–Trinajstić information content (AvgIpc) is 2.72. The molecule has 28 heavy (non-hydrogen) atoms. The molecule has 1 fully saturated rings. The number of aromatic nitrogens is 2. The highest BCUT2D eigenvalue weighted by atomic mass is 16.5. The van der Waals surface area contributed by atoms with Crippen LogP contribution >= 0.6 is 0 Å². The van der Waals surface area contributed by atoms with Crippen LogP contribution in [0, 0.1) is 6.92 Å². The number of carbonyl (C=O) groups is 1. The second-order valence-corrected chi connectivity index (χ2v) is 6.85. The first kappa shape index (κ1) is 18.0. The molecule has 1 aromatic heterocycles. The highest BCUT2D eigenvalue weighted by Crippen LogP contribution is 2.32. The van der Waals surface area contributed by atoms with Crippen LogP contribution in [0.2, 0.25) is 0 Å². The van der Waals surface area contributed by atoms with Gasteiger partial charge in [0.1, 0.15) is 11.6 Å². The Bertz CT molecular complexity index is 1030. The molecule has 0 spiro atoms. The topological polar surface area (TPSA) is 78.8 Å². The predicted octanol–water partition coefficient (Wildman–Crippen LogP) is 3.20. The van der Waals surface area contributed by atoms with E-state index in [0.717, 1.165) is 22.3 Å². The lowest BCUT2D eigenvalue weighted by Crippen LogP contribution is -2.49. The summed E-state index contributed by atoms with van der Waals surface area (Å²) in [5, 5.41) is 11.2. The van der Waals surface area contributed by atoms with Gasteiger partial charge in [0, 0.05) is 31.6 Å². The molecule has 2 heterocycles. The molecular weight excluding hydrogens is 356 g/mol. The van der Waals surface area contributed by atoms with E-state index >= 15 is 0 Å². The summed E-state index contributed by atoms with van der Waals surface area (Å²) in [7, 11) is 1.40. The number of ether oxygens (including phenoxy) is 1. The molecule has 4 rings (SSSR count). The number of aromatic hydroxyl groups is 1. The number of phenols is 1. The average molecular weight is 378 g/mol. The van der Waals surface area contributed by atoms with Gasteiger partial charge in [-0.25, -0.2) is 14.8 Å². The van der Waals surface area contributed by atoms with E-state index in [1.807, 2.05) is 37.3 Å². The molecule has 3 aromatic rings. The minimum absolute atomic E-state index is 0.149. The summed E-state index contributed by atoms with van der Waals surface area (Å²) in [5.41, 5.74) is 2.54. The molecule has 0 radical (unpaired) electrons. The van der Waals surface area contributed by atoms with Gasteiger partial charge in [-0.05, 0) is 36.8 Å². The van der Waals surface area contributed by atoms with Crippen LogP contribution in [0.15, 0.2) is 42.5 Å². The van der Waals surface area contributed by atoms with Crippen molar-refractivity contribution >= 4 is 22.8 Å². The van der Waals surface area contributed by atoms with E-state index in [0.29, 0.717) is 37.6 Å². The van der Waals surface area contributed by atoms with Crippen LogP contribution in [-0.4, -0.2) is 59.4 Å². The van der Waals surface area contributed by atoms with Crippen molar-refractivity contribution in [2.24, 2.45) is 0 Å². The standard InChI is InChI=1S/C21H22N4O3/c1-14-7-8-15-17(13-14)22-19(16-5-3-4-6-18(16)26)23-20(15)24-9-11-25(12-10-24)21(27)28-2/h3-8,13,26H,9-12H2,1-2H3. The number of methoxy groups -OCH3 is 1. The summed E-state index contributed by atoms with van der Waals surface area (Å²) < 4.78 is 4.82. The van der Waals surface area contributed by atoms with E-state index in [-0.39, 0.29) is 11.8 Å². The summed E-state index contributed by atoms with van der Waals surface area (Å²) in [6.07, 6.45) is -0.308. The number of phenolic OH excluding ortho intramolecular Hbond substituents is 1. The van der Waals surface area contributed by atoms with Crippen LogP contribution in [0.5, 0.6) is 5.75 Å². The number of rotatable bonds is 2. The second kappa shape index (κ2) is 7.34. The lowest BCUT2D eigenvalue weighted by Gasteiger charge is -2.35. The fourth-order valence-corrected chi connectivity index (χ4v) is 3.48. The SMILES string of the molecule is COC(=O)N1CCN(c2nc(-c3ccccc3O)nc3cc(C)ccc23)CC1. The maximum atomic E-state index is 11.8. The Morgan fingerprint density at radius 2 is 1.82 bits per heavy atom. The highest BCUT2D eigenvalue weighted by Gasteiger charge is 2.24. The molecular formula is C21H22N4O3. The summed E-state index contributed by atoms with van der Waals surface area (Å²) in [6.45, 7) is 4.45. The van der Waals surface area contributed by atoms with Crippen molar-refractivity contribution in [3.8, 4) is 17.1 Å². The Morgan fingerprint density at radius 3 is 2.54 bits per heavy atom. The number of para-hydroxylation sites is 1. The van der Waals surface area contributed by atoms with Crippen LogP contribution < -0.4 is 4.90 Å². The third-order valence-electron chi connectivity index (χ3n) is 4.99. The van der Waals surface area contributed by atoms with Crippen molar-refractivity contribution in [3.63, 3.8) is 0 Å². The van der Waals surface area contributed by atoms with Gasteiger partial charge in [0.15, 0.2) is 5.82 Å². The third-order valence-corrected chi connectivity index (χ3v) is 4.99. The molecule has 0 atom stereocenters. The fourth-order valence-electron chi connectivity index (χ4n) is 3.48. The van der Waals surface area contributed by atoms with Gasteiger partial charge in [-0.15, -0.1) is 0 Å². The predicted molar refractivity (Wildman–Crippen MR) is 108 cm³/mol. The second-order valence-electron chi connectivity index (χ2n) is 6.85. The van der Waals surface area contributed by atoms with Crippen molar-refractivity contribution in [1.82, 2.24) is 14.9 Å². The molecule has 7 heteroatoms. The van der Waals surface area contributed by atoms with Crippen molar-refractivity contribution in [2.45, 2.75) is 6.92 Å². The molecule has 0 unspecified atom stereocenters. The van der Waals surface area contributed by atoms with Crippen molar-refractivity contribution in [3.05, 3.63) is 48.0 Å². The largest absolute Gasteiger partial charge is 0.507 e. The minimum atomic E-state index is -0.308. The molecule has 0 aliphatic carbocycles. The zero-order chi connectivity index (χ0) is 19.7. The monoisotopic (exact) mass is 378 g/mol. The fraction of sp³-hybridized carbons (Fsp3) is 0.286. The Morgan fingerprint density at radius 1 is 1.07 bits per heavy atom. The molecule has 0 saturated carbocycles. The van der Waals surface area contributed by atoms with Crippen LogP contribution in [0.4, 0.5) is 10.6 Å². The molecule has 144 valence electrons. The number of benzene rings is 2. The molecule has 1 N–H and O–H groups in total. The number of fused-ring (bicyclic) bond motifs is 1. The summed E-state index contributed by atoms with van der Waals surface area (Å²) in [5.74, 6) is 1.45. The molecule has 2 aromatic carbocycles. The van der Waals surface area contributed by atoms with Crippen LogP contribution in [-0.2, 0) is 4.74 Å². The normalized spacial score (nSPS) is 14.4. The summed E-state index contributed by atoms with van der Waals surface area (Å²) in [6, 6.07) is 13.2. The van der Waals surface area contributed by atoms with Gasteiger partial charge in [-0.3, -0.25) is 0 Å². The molecule has 1 aliphatic heterocycles. The number of anilines is 1. The van der Waals surface area contributed by atoms with Crippen LogP contribution in [0.3, 0.4) is 0 Å². The van der Waals surface area contributed by atoms with E-state index in [9.17, 15) is 9.90 Å². The van der Waals surface area contributed by atoms with Crippen molar-refractivity contribution in [1.29, 1.82) is 0 Å². The number of carbonyl (C=O) groups excluding carboxylic acids is 1. The first-order valence-electron chi connectivity index (χ1n) is 9.21. The molecule has 1 aliphatic rings. The van der Waals surface area contributed by atoms with Gasteiger partial charge in [0.05, 0.1) is 18.2 Å². The van der Waals surface area contributed by atoms with E-state index in [4.69, 9.17) is 14.7 Å². The summed E-state index contributed by atoms with van der Waals surface area (Å²) in [4.78, 5) is 25.1. The Hall–Kier alpha value is -3.35. The molecule has 0 bridgehead atoms. The maximum Gasteiger partial charge on any atom is 0.409 e. The third kappa shape index (κ3) is 3.31. The molecule has 7 nitrogen and oxygen atoms in total. The highest BCUT2D eigenvalue weighted by molar-refractivity contribution is 5.92. The van der Waals surface area contributed by atoms with Crippen LogP contribution in [0.1, 0.15) is 5.56 Å². The van der Waals surface area contributed by atoms with Gasteiger partial charge >= 0.3 is 6.09 Å². The summed E-state index contributed by atoms with van der Waals surface area (Å²) >= 11 is 0. The minimum Gasteiger partial charge on any atom is -0.507 e. The first-order valence-corrected chi connectivity index (χ1v) is 9.21. The van der Waals surface area contributed by atoms with Gasteiger partial charge in [0.2, 0.25) is 0 Å². The number of hydrogen-bond acceptors (Lipinski definition) is 6. The number of amides is 1. The van der Waals surface area contributed by atoms with E-state index in [2.05, 4.69) is 4.90 Å². The zero-order valence-corrected chi connectivity index (χ0v) is 15.9. The van der Waals surface area contributed by atoms with Gasteiger partial charge < -0.3 is 19.6 Å². The van der Waals surface area contributed by atoms with Gasteiger partial charge in [0.25, 0.3) is 0 Å². The number of piperazine rings is 1. The lowest BCUT2D eigenvalue weighted by atomic mass is 10.1. The van der Waals surface area contributed by atoms with Crippen molar-refractivity contribution < 1.29 is 14.6 Å². The Kier molecular flexibility index (Phi) is 4.73.